The van der Waals surface area contributed by atoms with Gasteiger partial charge in [-0.25, -0.2) is 0 Å². The van der Waals surface area contributed by atoms with E-state index in [2.05, 4.69) is 24.8 Å². The van der Waals surface area contributed by atoms with Crippen LogP contribution in [0, 0.1) is 11.3 Å². The van der Waals surface area contributed by atoms with E-state index in [1.54, 1.807) is 0 Å². The van der Waals surface area contributed by atoms with Crippen molar-refractivity contribution in [3.05, 3.63) is 29.8 Å². The second-order valence-electron chi connectivity index (χ2n) is 5.69. The Morgan fingerprint density at radius 1 is 1.20 bits per heavy atom. The molecule has 1 aromatic rings. The normalized spacial score (nSPS) is 23.2. The highest BCUT2D eigenvalue weighted by Crippen LogP contribution is 2.22. The number of likely N-dealkylation sites (tertiary alicyclic amines) is 1. The molecule has 1 heterocycles. The summed E-state index contributed by atoms with van der Waals surface area (Å²) < 4.78 is 5.81. The van der Waals surface area contributed by atoms with Crippen LogP contribution in [0.3, 0.4) is 0 Å². The number of piperidine rings is 1. The largest absolute Gasteiger partial charge is 0.492 e. The van der Waals surface area contributed by atoms with Crippen molar-refractivity contribution in [2.24, 2.45) is 0 Å². The molecule has 1 saturated heterocycles. The summed E-state index contributed by atoms with van der Waals surface area (Å²) >= 11 is 0. The van der Waals surface area contributed by atoms with Crippen LogP contribution in [0.4, 0.5) is 0 Å². The molecule has 0 amide bonds. The van der Waals surface area contributed by atoms with E-state index in [1.165, 1.54) is 19.3 Å². The standard InChI is InChI=1S/C17H24N2O/c1-14-4-3-5-15(2)19(14)12-13-20-17-8-6-16(7-9-17)10-11-18/h6-9,14-15H,3-5,10,12-13H2,1-2H3/t14-,15+. The minimum Gasteiger partial charge on any atom is -0.492 e. The summed E-state index contributed by atoms with van der Waals surface area (Å²) in [4.78, 5) is 2.55. The zero-order valence-corrected chi connectivity index (χ0v) is 12.5. The summed E-state index contributed by atoms with van der Waals surface area (Å²) in [6.07, 6.45) is 4.41. The van der Waals surface area contributed by atoms with Gasteiger partial charge in [0.2, 0.25) is 0 Å². The number of hydrogen-bond donors (Lipinski definition) is 0. The van der Waals surface area contributed by atoms with Crippen molar-refractivity contribution < 1.29 is 4.74 Å². The third kappa shape index (κ3) is 3.98. The van der Waals surface area contributed by atoms with Crippen LogP contribution in [0.15, 0.2) is 24.3 Å². The predicted molar refractivity (Wildman–Crippen MR) is 80.7 cm³/mol. The van der Waals surface area contributed by atoms with Crippen molar-refractivity contribution in [2.45, 2.75) is 51.6 Å². The Balaban J connectivity index is 1.79. The van der Waals surface area contributed by atoms with Crippen molar-refractivity contribution in [2.75, 3.05) is 13.2 Å². The highest BCUT2D eigenvalue weighted by Gasteiger charge is 2.23. The Kier molecular flexibility index (Phi) is 5.43. The minimum atomic E-state index is 0.461. The molecule has 0 spiro atoms. The molecule has 0 saturated carbocycles. The topological polar surface area (TPSA) is 36.3 Å². The van der Waals surface area contributed by atoms with Gasteiger partial charge in [-0.1, -0.05) is 18.6 Å². The summed E-state index contributed by atoms with van der Waals surface area (Å²) in [7, 11) is 0. The quantitative estimate of drug-likeness (QED) is 0.824. The van der Waals surface area contributed by atoms with Crippen LogP contribution >= 0.6 is 0 Å². The van der Waals surface area contributed by atoms with E-state index in [9.17, 15) is 0 Å². The molecule has 1 aliphatic rings. The van der Waals surface area contributed by atoms with E-state index in [0.717, 1.165) is 24.5 Å². The van der Waals surface area contributed by atoms with E-state index in [0.29, 0.717) is 18.5 Å². The van der Waals surface area contributed by atoms with Gasteiger partial charge in [-0.3, -0.25) is 4.90 Å². The molecule has 1 aromatic carbocycles. The van der Waals surface area contributed by atoms with E-state index in [4.69, 9.17) is 10.00 Å². The van der Waals surface area contributed by atoms with Gasteiger partial charge in [0.05, 0.1) is 12.5 Å². The summed E-state index contributed by atoms with van der Waals surface area (Å²) in [6.45, 7) is 6.34. The molecule has 3 nitrogen and oxygen atoms in total. The van der Waals surface area contributed by atoms with Gasteiger partial charge in [0.15, 0.2) is 0 Å². The summed E-state index contributed by atoms with van der Waals surface area (Å²) in [5.41, 5.74) is 1.04. The molecule has 3 heteroatoms. The van der Waals surface area contributed by atoms with Gasteiger partial charge in [0.25, 0.3) is 0 Å². The van der Waals surface area contributed by atoms with Crippen LogP contribution in [0.1, 0.15) is 38.7 Å². The second kappa shape index (κ2) is 7.31. The highest BCUT2D eigenvalue weighted by atomic mass is 16.5. The van der Waals surface area contributed by atoms with Crippen molar-refractivity contribution in [3.63, 3.8) is 0 Å². The average Bonchev–Trinajstić information content (AvgIpc) is 2.44. The Morgan fingerprint density at radius 3 is 2.45 bits per heavy atom. The molecule has 20 heavy (non-hydrogen) atoms. The molecule has 2 rings (SSSR count). The zero-order valence-electron chi connectivity index (χ0n) is 12.5. The number of nitriles is 1. The fraction of sp³-hybridized carbons (Fsp3) is 0.588. The van der Waals surface area contributed by atoms with Crippen LogP contribution in [-0.4, -0.2) is 30.1 Å². The predicted octanol–water partition coefficient (Wildman–Crippen LogP) is 3.39. The fourth-order valence-corrected chi connectivity index (χ4v) is 2.98. The van der Waals surface area contributed by atoms with Crippen molar-refractivity contribution >= 4 is 0 Å². The van der Waals surface area contributed by atoms with Crippen LogP contribution < -0.4 is 4.74 Å². The van der Waals surface area contributed by atoms with E-state index >= 15 is 0 Å². The highest BCUT2D eigenvalue weighted by molar-refractivity contribution is 5.28. The lowest BCUT2D eigenvalue weighted by Gasteiger charge is -2.38. The Labute approximate surface area is 122 Å². The lowest BCUT2D eigenvalue weighted by molar-refractivity contribution is 0.0851. The maximum Gasteiger partial charge on any atom is 0.119 e. The summed E-state index contributed by atoms with van der Waals surface area (Å²) in [6, 6.07) is 11.3. The van der Waals surface area contributed by atoms with Gasteiger partial charge >= 0.3 is 0 Å². The lowest BCUT2D eigenvalue weighted by atomic mass is 9.98. The van der Waals surface area contributed by atoms with Crippen molar-refractivity contribution in [1.29, 1.82) is 5.26 Å². The summed E-state index contributed by atoms with van der Waals surface area (Å²) in [5.74, 6) is 0.893. The van der Waals surface area contributed by atoms with Crippen LogP contribution in [-0.2, 0) is 6.42 Å². The number of rotatable bonds is 5. The smallest absolute Gasteiger partial charge is 0.119 e. The van der Waals surface area contributed by atoms with E-state index < -0.39 is 0 Å². The molecule has 2 atom stereocenters. The van der Waals surface area contributed by atoms with E-state index in [-0.39, 0.29) is 0 Å². The number of nitrogens with zero attached hydrogens (tertiary/aromatic N) is 2. The minimum absolute atomic E-state index is 0.461. The maximum absolute atomic E-state index is 8.64. The fourth-order valence-electron chi connectivity index (χ4n) is 2.98. The average molecular weight is 272 g/mol. The van der Waals surface area contributed by atoms with Gasteiger partial charge in [-0.15, -0.1) is 0 Å². The third-order valence-electron chi connectivity index (χ3n) is 4.20. The van der Waals surface area contributed by atoms with Crippen LogP contribution in [0.25, 0.3) is 0 Å². The van der Waals surface area contributed by atoms with Gasteiger partial charge in [0.1, 0.15) is 12.4 Å². The third-order valence-corrected chi connectivity index (χ3v) is 4.20. The molecule has 1 fully saturated rings. The first-order valence-corrected chi connectivity index (χ1v) is 7.55. The molecule has 0 radical (unpaired) electrons. The molecule has 0 unspecified atom stereocenters. The molecular formula is C17H24N2O. The molecular weight excluding hydrogens is 248 g/mol. The number of hydrogen-bond acceptors (Lipinski definition) is 3. The van der Waals surface area contributed by atoms with Crippen molar-refractivity contribution in [1.82, 2.24) is 4.90 Å². The Morgan fingerprint density at radius 2 is 1.85 bits per heavy atom. The van der Waals surface area contributed by atoms with Crippen LogP contribution in [0.2, 0.25) is 0 Å². The first-order chi connectivity index (χ1) is 9.70. The molecule has 1 aliphatic heterocycles. The van der Waals surface area contributed by atoms with Crippen molar-refractivity contribution in [3.8, 4) is 11.8 Å². The summed E-state index contributed by atoms with van der Waals surface area (Å²) in [5, 5.41) is 8.64. The Bertz CT molecular complexity index is 439. The number of ether oxygens (including phenoxy) is 1. The lowest BCUT2D eigenvalue weighted by Crippen LogP contribution is -2.45. The molecule has 0 aromatic heterocycles. The second-order valence-corrected chi connectivity index (χ2v) is 5.69. The molecule has 0 bridgehead atoms. The van der Waals surface area contributed by atoms with E-state index in [1.807, 2.05) is 24.3 Å². The van der Waals surface area contributed by atoms with Gasteiger partial charge in [-0.05, 0) is 44.4 Å². The van der Waals surface area contributed by atoms with Crippen LogP contribution in [0.5, 0.6) is 5.75 Å². The number of benzene rings is 1. The maximum atomic E-state index is 8.64. The van der Waals surface area contributed by atoms with Gasteiger partial charge in [0, 0.05) is 18.6 Å². The molecule has 0 aliphatic carbocycles. The monoisotopic (exact) mass is 272 g/mol. The molecule has 108 valence electrons. The first kappa shape index (κ1) is 14.9. The van der Waals surface area contributed by atoms with Gasteiger partial charge in [-0.2, -0.15) is 5.26 Å². The van der Waals surface area contributed by atoms with Gasteiger partial charge < -0.3 is 4.74 Å². The zero-order chi connectivity index (χ0) is 14.4. The Hall–Kier alpha value is -1.53. The molecule has 0 N–H and O–H groups in total. The SMILES string of the molecule is C[C@@H]1CCC[C@H](C)N1CCOc1ccc(CC#N)cc1. The first-order valence-electron chi connectivity index (χ1n) is 7.55.